The average molecular weight is 359 g/mol. The van der Waals surface area contributed by atoms with E-state index in [1.165, 1.54) is 67.4 Å². The van der Waals surface area contributed by atoms with E-state index in [4.69, 9.17) is 11.6 Å². The van der Waals surface area contributed by atoms with Crippen LogP contribution >= 0.6 is 11.6 Å². The summed E-state index contributed by atoms with van der Waals surface area (Å²) in [5, 5.41) is 2.08. The monoisotopic (exact) mass is 358 g/mol. The van der Waals surface area contributed by atoms with Crippen LogP contribution in [0.1, 0.15) is 57.1 Å². The number of piperidine rings is 3. The molecule has 3 saturated heterocycles. The summed E-state index contributed by atoms with van der Waals surface area (Å²) in [6.45, 7) is 14.5. The van der Waals surface area contributed by atoms with E-state index in [2.05, 4.69) is 29.6 Å². The number of nitrogens with one attached hydrogen (secondary N) is 1. The maximum Gasteiger partial charge on any atom is 0.0477 e. The Balaban J connectivity index is 0.000000880. The fourth-order valence-corrected chi connectivity index (χ4v) is 4.81. The molecule has 0 saturated carbocycles. The van der Waals surface area contributed by atoms with E-state index < -0.39 is 0 Å². The molecule has 0 unspecified atom stereocenters. The Morgan fingerprint density at radius 3 is 2.48 bits per heavy atom. The summed E-state index contributed by atoms with van der Waals surface area (Å²) >= 11 is 6.17. The second kappa shape index (κ2) is 7.55. The Labute approximate surface area is 157 Å². The molecule has 5 rings (SSSR count). The van der Waals surface area contributed by atoms with Crippen molar-refractivity contribution >= 4 is 28.1 Å². The number of halogens is 1. The molecule has 1 aromatic carbocycles. The summed E-state index contributed by atoms with van der Waals surface area (Å²) in [5.41, 5.74) is 5.48. The molecule has 0 aliphatic carbocycles. The van der Waals surface area contributed by atoms with E-state index in [9.17, 15) is 0 Å². The zero-order chi connectivity index (χ0) is 18.0. The summed E-state index contributed by atoms with van der Waals surface area (Å²) in [4.78, 5) is 5.98. The van der Waals surface area contributed by atoms with E-state index >= 15 is 0 Å². The highest BCUT2D eigenvalue weighted by Crippen LogP contribution is 2.45. The predicted octanol–water partition coefficient (Wildman–Crippen LogP) is 6.44. The molecule has 136 valence electrons. The number of benzene rings is 1. The molecule has 1 aromatic heterocycles. The molecule has 2 bridgehead atoms. The van der Waals surface area contributed by atoms with Crippen molar-refractivity contribution in [2.24, 2.45) is 5.41 Å². The molecule has 0 atom stereocenters. The first-order valence-corrected chi connectivity index (χ1v) is 10.1. The first-order chi connectivity index (χ1) is 12.1. The first-order valence-electron chi connectivity index (χ1n) is 9.74. The van der Waals surface area contributed by atoms with Crippen molar-refractivity contribution in [3.05, 3.63) is 41.1 Å². The number of aromatic amines is 1. The van der Waals surface area contributed by atoms with E-state index in [1.807, 2.05) is 26.0 Å². The van der Waals surface area contributed by atoms with Crippen molar-refractivity contribution in [1.29, 1.82) is 0 Å². The van der Waals surface area contributed by atoms with E-state index in [0.717, 1.165) is 17.0 Å². The van der Waals surface area contributed by atoms with Gasteiger partial charge in [-0.1, -0.05) is 32.0 Å². The van der Waals surface area contributed by atoms with Gasteiger partial charge in [0.15, 0.2) is 0 Å². The van der Waals surface area contributed by atoms with Gasteiger partial charge >= 0.3 is 0 Å². The summed E-state index contributed by atoms with van der Waals surface area (Å²) in [7, 11) is 0. The normalized spacial score (nSPS) is 24.9. The fraction of sp³-hybridized carbons (Fsp3) is 0.545. The summed E-state index contributed by atoms with van der Waals surface area (Å²) in [6.07, 6.45) is 8.64. The Morgan fingerprint density at radius 2 is 1.84 bits per heavy atom. The van der Waals surface area contributed by atoms with Gasteiger partial charge in [0.25, 0.3) is 0 Å². The van der Waals surface area contributed by atoms with Crippen LogP contribution in [0.25, 0.3) is 16.5 Å². The third kappa shape index (κ3) is 3.66. The van der Waals surface area contributed by atoms with E-state index in [1.54, 1.807) is 0 Å². The first kappa shape index (κ1) is 18.5. The lowest BCUT2D eigenvalue weighted by atomic mass is 9.68. The smallest absolute Gasteiger partial charge is 0.0477 e. The van der Waals surface area contributed by atoms with Gasteiger partial charge in [-0.05, 0) is 87.3 Å². The van der Waals surface area contributed by atoms with E-state index in [-0.39, 0.29) is 0 Å². The van der Waals surface area contributed by atoms with Gasteiger partial charge in [-0.25, -0.2) is 0 Å². The summed E-state index contributed by atoms with van der Waals surface area (Å²) < 4.78 is 0. The van der Waals surface area contributed by atoms with Crippen LogP contribution in [0, 0.1) is 12.3 Å². The SMILES string of the molecule is C=C(CCC12CCN(CC1)CC2)c1c[nH]c2cc(Cl)cc(C)c12.CC. The highest BCUT2D eigenvalue weighted by atomic mass is 35.5. The maximum atomic E-state index is 6.17. The number of hydrogen-bond acceptors (Lipinski definition) is 1. The van der Waals surface area contributed by atoms with Gasteiger partial charge in [0.1, 0.15) is 0 Å². The van der Waals surface area contributed by atoms with Gasteiger partial charge in [-0.15, -0.1) is 0 Å². The largest absolute Gasteiger partial charge is 0.361 e. The van der Waals surface area contributed by atoms with Crippen LogP contribution < -0.4 is 0 Å². The molecule has 25 heavy (non-hydrogen) atoms. The number of hydrogen-bond donors (Lipinski definition) is 1. The van der Waals surface area contributed by atoms with Crippen LogP contribution in [0.5, 0.6) is 0 Å². The van der Waals surface area contributed by atoms with Gasteiger partial charge in [0, 0.05) is 27.7 Å². The van der Waals surface area contributed by atoms with Crippen molar-refractivity contribution in [2.75, 3.05) is 19.6 Å². The number of H-pyrrole nitrogens is 1. The van der Waals surface area contributed by atoms with Crippen LogP contribution in [0.3, 0.4) is 0 Å². The molecule has 3 aliphatic heterocycles. The van der Waals surface area contributed by atoms with Gasteiger partial charge in [-0.2, -0.15) is 0 Å². The van der Waals surface area contributed by atoms with Crippen molar-refractivity contribution in [1.82, 2.24) is 9.88 Å². The summed E-state index contributed by atoms with van der Waals surface area (Å²) in [5.74, 6) is 0. The second-order valence-corrected chi connectivity index (χ2v) is 7.98. The van der Waals surface area contributed by atoms with Crippen LogP contribution in [0.15, 0.2) is 24.9 Å². The lowest BCUT2D eigenvalue weighted by Gasteiger charge is -2.48. The molecule has 3 aliphatic rings. The van der Waals surface area contributed by atoms with E-state index in [0.29, 0.717) is 5.41 Å². The lowest BCUT2D eigenvalue weighted by molar-refractivity contribution is 0.0211. The Hall–Kier alpha value is -1.25. The molecule has 0 amide bonds. The van der Waals surface area contributed by atoms with Crippen molar-refractivity contribution in [2.45, 2.75) is 52.9 Å². The number of aryl methyl sites for hydroxylation is 1. The van der Waals surface area contributed by atoms with Crippen LogP contribution in [-0.4, -0.2) is 29.5 Å². The van der Waals surface area contributed by atoms with Gasteiger partial charge in [0.2, 0.25) is 0 Å². The lowest BCUT2D eigenvalue weighted by Crippen LogP contribution is -2.48. The average Bonchev–Trinajstić information content (AvgIpc) is 3.07. The zero-order valence-electron chi connectivity index (χ0n) is 15.9. The molecule has 0 spiro atoms. The number of aromatic nitrogens is 1. The van der Waals surface area contributed by atoms with Crippen LogP contribution in [0.4, 0.5) is 0 Å². The maximum absolute atomic E-state index is 6.17. The topological polar surface area (TPSA) is 19.0 Å². The highest BCUT2D eigenvalue weighted by molar-refractivity contribution is 6.31. The molecule has 0 radical (unpaired) electrons. The van der Waals surface area contributed by atoms with Crippen LogP contribution in [0.2, 0.25) is 5.02 Å². The fourth-order valence-electron chi connectivity index (χ4n) is 4.54. The quantitative estimate of drug-likeness (QED) is 0.666. The number of allylic oxidation sites excluding steroid dienone is 1. The second-order valence-electron chi connectivity index (χ2n) is 7.54. The molecule has 3 fully saturated rings. The summed E-state index contributed by atoms with van der Waals surface area (Å²) in [6, 6.07) is 4.06. The number of fused-ring (bicyclic) bond motifs is 4. The molecule has 3 heteroatoms. The van der Waals surface area contributed by atoms with Crippen molar-refractivity contribution in [3.8, 4) is 0 Å². The minimum Gasteiger partial charge on any atom is -0.361 e. The van der Waals surface area contributed by atoms with Crippen molar-refractivity contribution < 1.29 is 0 Å². The standard InChI is InChI=1S/C20H25ClN2.C2H6/c1-14(3-4-20-5-8-23(9-6-20)10-7-20)17-13-22-18-12-16(21)11-15(2)19(17)18;1-2/h11-13,22H,1,3-10H2,2H3;1-2H3. The third-order valence-corrected chi connectivity index (χ3v) is 6.37. The third-order valence-electron chi connectivity index (χ3n) is 6.15. The Kier molecular flexibility index (Phi) is 5.60. The molecule has 4 heterocycles. The predicted molar refractivity (Wildman–Crippen MR) is 110 cm³/mol. The van der Waals surface area contributed by atoms with Crippen molar-refractivity contribution in [3.63, 3.8) is 0 Å². The minimum atomic E-state index is 0.585. The molecule has 1 N–H and O–H groups in total. The molecule has 2 aromatic rings. The molecular weight excluding hydrogens is 328 g/mol. The minimum absolute atomic E-state index is 0.585. The highest BCUT2D eigenvalue weighted by Gasteiger charge is 2.38. The van der Waals surface area contributed by atoms with Gasteiger partial charge < -0.3 is 9.88 Å². The molecular formula is C22H31ClN2. The number of nitrogens with zero attached hydrogens (tertiary/aromatic N) is 1. The van der Waals surface area contributed by atoms with Gasteiger partial charge in [-0.3, -0.25) is 0 Å². The Bertz CT molecular complexity index is 737. The Morgan fingerprint density at radius 1 is 1.20 bits per heavy atom. The van der Waals surface area contributed by atoms with Crippen LogP contribution in [-0.2, 0) is 0 Å². The zero-order valence-corrected chi connectivity index (χ0v) is 16.7. The van der Waals surface area contributed by atoms with Gasteiger partial charge in [0.05, 0.1) is 0 Å². The molecule has 2 nitrogen and oxygen atoms in total. The number of rotatable bonds is 4.